The predicted octanol–water partition coefficient (Wildman–Crippen LogP) is 0.775. The fraction of sp³-hybridized carbons (Fsp3) is 0.300. The number of aryl methyl sites for hydroxylation is 1. The van der Waals surface area contributed by atoms with E-state index in [0.29, 0.717) is 0 Å². The van der Waals surface area contributed by atoms with Crippen molar-refractivity contribution in [1.29, 1.82) is 0 Å². The van der Waals surface area contributed by atoms with Crippen molar-refractivity contribution in [3.8, 4) is 0 Å². The van der Waals surface area contributed by atoms with E-state index < -0.39 is 6.10 Å². The molecule has 1 atom stereocenters. The monoisotopic (exact) mass is 204 g/mol. The second kappa shape index (κ2) is 4.18. The van der Waals surface area contributed by atoms with E-state index in [1.807, 2.05) is 6.92 Å². The highest BCUT2D eigenvalue weighted by Gasteiger charge is 2.14. The first-order valence-electron chi connectivity index (χ1n) is 4.79. The Morgan fingerprint density at radius 3 is 2.87 bits per heavy atom. The number of hydrogen-bond donors (Lipinski definition) is 1. The Bertz CT molecular complexity index is 426. The summed E-state index contributed by atoms with van der Waals surface area (Å²) >= 11 is 0. The molecule has 0 fully saturated rings. The van der Waals surface area contributed by atoms with Crippen LogP contribution in [0.25, 0.3) is 0 Å². The van der Waals surface area contributed by atoms with Crippen LogP contribution in [-0.2, 0) is 6.54 Å². The molecule has 2 rings (SSSR count). The van der Waals surface area contributed by atoms with Crippen LogP contribution in [0.15, 0.2) is 30.7 Å². The number of aliphatic hydroxyl groups is 1. The van der Waals surface area contributed by atoms with Crippen molar-refractivity contribution in [1.82, 2.24) is 20.0 Å². The summed E-state index contributed by atoms with van der Waals surface area (Å²) in [6, 6.07) is 3.54. The summed E-state index contributed by atoms with van der Waals surface area (Å²) < 4.78 is 1.76. The molecule has 5 heteroatoms. The summed E-state index contributed by atoms with van der Waals surface area (Å²) in [6.07, 6.45) is 4.10. The van der Waals surface area contributed by atoms with Crippen LogP contribution in [0.4, 0.5) is 0 Å². The maximum absolute atomic E-state index is 10.1. The zero-order valence-electron chi connectivity index (χ0n) is 8.41. The molecule has 15 heavy (non-hydrogen) atoms. The number of nitrogens with zero attached hydrogens (tertiary/aromatic N) is 4. The van der Waals surface area contributed by atoms with Crippen LogP contribution >= 0.6 is 0 Å². The van der Waals surface area contributed by atoms with Crippen LogP contribution < -0.4 is 0 Å². The third-order valence-electron chi connectivity index (χ3n) is 2.25. The fourth-order valence-electron chi connectivity index (χ4n) is 1.47. The molecule has 2 aromatic heterocycles. The van der Waals surface area contributed by atoms with Crippen LogP contribution in [0.1, 0.15) is 24.3 Å². The number of aromatic nitrogens is 4. The van der Waals surface area contributed by atoms with Gasteiger partial charge in [0, 0.05) is 24.5 Å². The largest absolute Gasteiger partial charge is 0.382 e. The van der Waals surface area contributed by atoms with Crippen molar-refractivity contribution in [2.24, 2.45) is 0 Å². The van der Waals surface area contributed by atoms with E-state index in [9.17, 15) is 5.11 Å². The molecule has 2 heterocycles. The molecule has 0 saturated heterocycles. The van der Waals surface area contributed by atoms with Gasteiger partial charge in [0.2, 0.25) is 0 Å². The lowest BCUT2D eigenvalue weighted by Crippen LogP contribution is -2.09. The molecule has 0 aliphatic rings. The molecule has 1 unspecified atom stereocenters. The van der Waals surface area contributed by atoms with Crippen LogP contribution in [0.5, 0.6) is 0 Å². The molecule has 0 radical (unpaired) electrons. The minimum atomic E-state index is -0.692. The molecule has 0 aliphatic carbocycles. The first-order valence-corrected chi connectivity index (χ1v) is 4.79. The third kappa shape index (κ3) is 1.87. The molecule has 0 bridgehead atoms. The van der Waals surface area contributed by atoms with Crippen molar-refractivity contribution >= 4 is 0 Å². The van der Waals surface area contributed by atoms with Crippen molar-refractivity contribution in [3.05, 3.63) is 42.0 Å². The summed E-state index contributed by atoms with van der Waals surface area (Å²) in [6.45, 7) is 2.71. The molecule has 0 amide bonds. The van der Waals surface area contributed by atoms with E-state index in [1.165, 1.54) is 0 Å². The van der Waals surface area contributed by atoms with E-state index in [0.717, 1.165) is 17.8 Å². The number of aliphatic hydroxyl groups excluding tert-OH is 1. The maximum atomic E-state index is 10.1. The normalized spacial score (nSPS) is 12.7. The summed E-state index contributed by atoms with van der Waals surface area (Å²) in [5.74, 6) is 0. The molecule has 78 valence electrons. The summed E-state index contributed by atoms with van der Waals surface area (Å²) in [7, 11) is 0. The zero-order chi connectivity index (χ0) is 10.7. The summed E-state index contributed by atoms with van der Waals surface area (Å²) in [5.41, 5.74) is 1.49. The highest BCUT2D eigenvalue weighted by Crippen LogP contribution is 2.19. The van der Waals surface area contributed by atoms with Crippen LogP contribution in [0, 0.1) is 0 Å². The topological polar surface area (TPSA) is 63.8 Å². The number of rotatable bonds is 3. The summed E-state index contributed by atoms with van der Waals surface area (Å²) in [4.78, 5) is 0. The van der Waals surface area contributed by atoms with E-state index in [1.54, 1.807) is 35.4 Å². The average Bonchev–Trinajstić information content (AvgIpc) is 2.77. The minimum absolute atomic E-state index is 0.692. The minimum Gasteiger partial charge on any atom is -0.382 e. The van der Waals surface area contributed by atoms with E-state index in [2.05, 4.69) is 15.3 Å². The first-order chi connectivity index (χ1) is 7.33. The quantitative estimate of drug-likeness (QED) is 0.802. The van der Waals surface area contributed by atoms with Crippen molar-refractivity contribution in [2.75, 3.05) is 0 Å². The van der Waals surface area contributed by atoms with Gasteiger partial charge >= 0.3 is 0 Å². The Labute approximate surface area is 87.4 Å². The van der Waals surface area contributed by atoms with Gasteiger partial charge in [0.05, 0.1) is 11.9 Å². The maximum Gasteiger partial charge on any atom is 0.122 e. The van der Waals surface area contributed by atoms with Gasteiger partial charge in [-0.3, -0.25) is 4.68 Å². The average molecular weight is 204 g/mol. The molecule has 0 aromatic carbocycles. The Kier molecular flexibility index (Phi) is 2.73. The lowest BCUT2D eigenvalue weighted by atomic mass is 10.1. The highest BCUT2D eigenvalue weighted by atomic mass is 16.3. The molecular formula is C10H12N4O. The molecule has 2 aromatic rings. The lowest BCUT2D eigenvalue weighted by Gasteiger charge is -2.11. The Morgan fingerprint density at radius 2 is 2.20 bits per heavy atom. The van der Waals surface area contributed by atoms with E-state index >= 15 is 0 Å². The molecule has 1 N–H and O–H groups in total. The SMILES string of the molecule is CCn1nccc1C(O)c1ccnnc1. The van der Waals surface area contributed by atoms with Gasteiger partial charge in [-0.05, 0) is 19.1 Å². The van der Waals surface area contributed by atoms with Crippen LogP contribution in [-0.4, -0.2) is 25.1 Å². The van der Waals surface area contributed by atoms with Gasteiger partial charge in [0.1, 0.15) is 6.10 Å². The van der Waals surface area contributed by atoms with Crippen molar-refractivity contribution < 1.29 is 5.11 Å². The van der Waals surface area contributed by atoms with Gasteiger partial charge in [0.25, 0.3) is 0 Å². The predicted molar refractivity (Wildman–Crippen MR) is 54.0 cm³/mol. The fourth-order valence-corrected chi connectivity index (χ4v) is 1.47. The Morgan fingerprint density at radius 1 is 1.33 bits per heavy atom. The van der Waals surface area contributed by atoms with E-state index in [4.69, 9.17) is 0 Å². The molecule has 0 aliphatic heterocycles. The molecular weight excluding hydrogens is 192 g/mol. The van der Waals surface area contributed by atoms with E-state index in [-0.39, 0.29) is 0 Å². The van der Waals surface area contributed by atoms with Gasteiger partial charge in [0.15, 0.2) is 0 Å². The van der Waals surface area contributed by atoms with Gasteiger partial charge < -0.3 is 5.11 Å². The standard InChI is InChI=1S/C10H12N4O/c1-2-14-9(4-6-13-14)10(15)8-3-5-11-12-7-8/h3-7,10,15H,2H2,1H3. The van der Waals surface area contributed by atoms with Crippen LogP contribution in [0.3, 0.4) is 0 Å². The van der Waals surface area contributed by atoms with Crippen molar-refractivity contribution in [3.63, 3.8) is 0 Å². The molecule has 5 nitrogen and oxygen atoms in total. The van der Waals surface area contributed by atoms with Gasteiger partial charge in [-0.1, -0.05) is 0 Å². The van der Waals surface area contributed by atoms with Gasteiger partial charge in [-0.2, -0.15) is 15.3 Å². The molecule has 0 saturated carbocycles. The second-order valence-corrected chi connectivity index (χ2v) is 3.15. The van der Waals surface area contributed by atoms with Crippen molar-refractivity contribution in [2.45, 2.75) is 19.6 Å². The lowest BCUT2D eigenvalue weighted by molar-refractivity contribution is 0.207. The molecule has 0 spiro atoms. The first kappa shape index (κ1) is 9.79. The summed E-state index contributed by atoms with van der Waals surface area (Å²) in [5, 5.41) is 21.6. The van der Waals surface area contributed by atoms with Gasteiger partial charge in [-0.15, -0.1) is 0 Å². The number of hydrogen-bond acceptors (Lipinski definition) is 4. The van der Waals surface area contributed by atoms with Crippen LogP contribution in [0.2, 0.25) is 0 Å². The zero-order valence-corrected chi connectivity index (χ0v) is 8.41. The third-order valence-corrected chi connectivity index (χ3v) is 2.25. The smallest absolute Gasteiger partial charge is 0.122 e. The Balaban J connectivity index is 2.32. The van der Waals surface area contributed by atoms with Gasteiger partial charge in [-0.25, -0.2) is 0 Å². The highest BCUT2D eigenvalue weighted by molar-refractivity contribution is 5.21. The Hall–Kier alpha value is -1.75. The second-order valence-electron chi connectivity index (χ2n) is 3.15.